The van der Waals surface area contributed by atoms with E-state index in [1.165, 1.54) is 7.11 Å². The van der Waals surface area contributed by atoms with Crippen LogP contribution in [0.5, 0.6) is 0 Å². The molecule has 0 aromatic heterocycles. The molecule has 0 rings (SSSR count). The van der Waals surface area contributed by atoms with Crippen LogP contribution in [0.25, 0.3) is 0 Å². The van der Waals surface area contributed by atoms with Gasteiger partial charge in [-0.05, 0) is 6.42 Å². The average molecular weight is 153 g/mol. The Morgan fingerprint density at radius 1 is 1.56 bits per heavy atom. The molecule has 0 bridgehead atoms. The molecule has 0 unspecified atom stereocenters. The number of rotatable bonds is 4. The number of nitrogens with one attached hydrogen (secondary N) is 1. The third-order valence-electron chi connectivity index (χ3n) is 0.683. The molecule has 0 fully saturated rings. The summed E-state index contributed by atoms with van der Waals surface area (Å²) in [6, 6.07) is 0. The summed E-state index contributed by atoms with van der Waals surface area (Å²) in [5, 5.41) is 0. The van der Waals surface area contributed by atoms with Gasteiger partial charge in [-0.3, -0.25) is 4.84 Å². The molecule has 0 radical (unpaired) electrons. The zero-order chi connectivity index (χ0) is 7.33. The third-order valence-corrected chi connectivity index (χ3v) is 2.05. The van der Waals surface area contributed by atoms with Crippen molar-refractivity contribution >= 4 is 10.0 Å². The molecule has 0 spiro atoms. The van der Waals surface area contributed by atoms with E-state index in [1.807, 2.05) is 4.89 Å². The van der Waals surface area contributed by atoms with Crippen molar-refractivity contribution in [3.05, 3.63) is 0 Å². The molecule has 0 aliphatic rings. The molecule has 0 saturated heterocycles. The Kier molecular flexibility index (Phi) is 3.76. The van der Waals surface area contributed by atoms with Gasteiger partial charge in [-0.1, -0.05) is 11.8 Å². The quantitative estimate of drug-likeness (QED) is 0.573. The Morgan fingerprint density at radius 2 is 2.11 bits per heavy atom. The predicted molar refractivity (Wildman–Crippen MR) is 34.2 cm³/mol. The van der Waals surface area contributed by atoms with Crippen LogP contribution in [-0.2, 0) is 14.9 Å². The van der Waals surface area contributed by atoms with Gasteiger partial charge in [-0.15, -0.1) is 0 Å². The van der Waals surface area contributed by atoms with Gasteiger partial charge in [0.25, 0.3) is 0 Å². The van der Waals surface area contributed by atoms with Crippen LogP contribution in [0.1, 0.15) is 13.3 Å². The molecule has 0 aromatic rings. The van der Waals surface area contributed by atoms with E-state index in [2.05, 4.69) is 4.84 Å². The summed E-state index contributed by atoms with van der Waals surface area (Å²) in [7, 11) is -1.88. The highest BCUT2D eigenvalue weighted by atomic mass is 32.2. The molecule has 0 aromatic carbocycles. The molecule has 1 N–H and O–H groups in total. The minimum absolute atomic E-state index is 0.112. The van der Waals surface area contributed by atoms with E-state index in [-0.39, 0.29) is 5.75 Å². The van der Waals surface area contributed by atoms with Crippen LogP contribution < -0.4 is 4.89 Å². The van der Waals surface area contributed by atoms with Gasteiger partial charge in [0.15, 0.2) is 0 Å². The monoisotopic (exact) mass is 153 g/mol. The van der Waals surface area contributed by atoms with Crippen LogP contribution in [-0.4, -0.2) is 21.3 Å². The summed E-state index contributed by atoms with van der Waals surface area (Å²) >= 11 is 0. The van der Waals surface area contributed by atoms with Crippen molar-refractivity contribution in [2.75, 3.05) is 12.9 Å². The first-order valence-electron chi connectivity index (χ1n) is 2.65. The smallest absolute Gasteiger partial charge is 0.233 e. The molecule has 0 amide bonds. The fourth-order valence-electron chi connectivity index (χ4n) is 0.437. The van der Waals surface area contributed by atoms with E-state index in [1.54, 1.807) is 6.92 Å². The molecule has 9 heavy (non-hydrogen) atoms. The first kappa shape index (κ1) is 8.87. The SMILES string of the molecule is CCCS(=O)(=O)NOC. The molecule has 0 saturated carbocycles. The molecule has 0 aliphatic heterocycles. The van der Waals surface area contributed by atoms with Crippen molar-refractivity contribution in [2.24, 2.45) is 0 Å². The van der Waals surface area contributed by atoms with Gasteiger partial charge in [0.1, 0.15) is 0 Å². The van der Waals surface area contributed by atoms with Crippen LogP contribution in [0, 0.1) is 0 Å². The lowest BCUT2D eigenvalue weighted by Crippen LogP contribution is -2.24. The summed E-state index contributed by atoms with van der Waals surface area (Å²) in [6.45, 7) is 1.79. The van der Waals surface area contributed by atoms with Crippen molar-refractivity contribution in [3.8, 4) is 0 Å². The maximum absolute atomic E-state index is 10.6. The van der Waals surface area contributed by atoms with E-state index >= 15 is 0 Å². The molecular formula is C4H11NO3S. The zero-order valence-corrected chi connectivity index (χ0v) is 6.36. The topological polar surface area (TPSA) is 55.4 Å². The van der Waals surface area contributed by atoms with E-state index in [4.69, 9.17) is 0 Å². The maximum atomic E-state index is 10.6. The Bertz CT molecular complexity index is 139. The van der Waals surface area contributed by atoms with E-state index in [9.17, 15) is 8.42 Å². The van der Waals surface area contributed by atoms with E-state index < -0.39 is 10.0 Å². The van der Waals surface area contributed by atoms with Gasteiger partial charge in [-0.25, -0.2) is 8.42 Å². The minimum atomic E-state index is -3.15. The summed E-state index contributed by atoms with van der Waals surface area (Å²) in [4.78, 5) is 6.12. The molecule has 56 valence electrons. The molecule has 5 heteroatoms. The Labute approximate surface area is 55.2 Å². The van der Waals surface area contributed by atoms with Gasteiger partial charge < -0.3 is 0 Å². The van der Waals surface area contributed by atoms with Gasteiger partial charge >= 0.3 is 0 Å². The van der Waals surface area contributed by atoms with E-state index in [0.29, 0.717) is 6.42 Å². The highest BCUT2D eigenvalue weighted by molar-refractivity contribution is 7.89. The van der Waals surface area contributed by atoms with Crippen LogP contribution >= 0.6 is 0 Å². The largest absolute Gasteiger partial charge is 0.290 e. The maximum Gasteiger partial charge on any atom is 0.233 e. The second kappa shape index (κ2) is 3.81. The van der Waals surface area contributed by atoms with Gasteiger partial charge in [-0.2, -0.15) is 0 Å². The number of sulfonamides is 1. The summed E-state index contributed by atoms with van der Waals surface area (Å²) in [5.74, 6) is 0.112. The molecular weight excluding hydrogens is 142 g/mol. The van der Waals surface area contributed by atoms with Gasteiger partial charge in [0.2, 0.25) is 10.0 Å². The van der Waals surface area contributed by atoms with Crippen molar-refractivity contribution in [1.82, 2.24) is 4.89 Å². The van der Waals surface area contributed by atoms with Crippen molar-refractivity contribution in [3.63, 3.8) is 0 Å². The zero-order valence-electron chi connectivity index (χ0n) is 5.55. The van der Waals surface area contributed by atoms with E-state index in [0.717, 1.165) is 0 Å². The van der Waals surface area contributed by atoms with Crippen LogP contribution in [0.2, 0.25) is 0 Å². The molecule has 0 heterocycles. The normalized spacial score (nSPS) is 11.8. The molecule has 0 aliphatic carbocycles. The number of hydrogen-bond donors (Lipinski definition) is 1. The second-order valence-corrected chi connectivity index (χ2v) is 3.41. The Morgan fingerprint density at radius 3 is 2.44 bits per heavy atom. The van der Waals surface area contributed by atoms with Crippen LogP contribution in [0.15, 0.2) is 0 Å². The lowest BCUT2D eigenvalue weighted by Gasteiger charge is -1.99. The predicted octanol–water partition coefficient (Wildman–Crippen LogP) is -0.123. The lowest BCUT2D eigenvalue weighted by atomic mass is 10.6. The lowest BCUT2D eigenvalue weighted by molar-refractivity contribution is 0.153. The highest BCUT2D eigenvalue weighted by Gasteiger charge is 2.05. The molecule has 4 nitrogen and oxygen atoms in total. The fraction of sp³-hybridized carbons (Fsp3) is 1.00. The van der Waals surface area contributed by atoms with Crippen LogP contribution in [0.3, 0.4) is 0 Å². The standard InChI is InChI=1S/C4H11NO3S/c1-3-4-9(6,7)5-8-2/h5H,3-4H2,1-2H3. The highest BCUT2D eigenvalue weighted by Crippen LogP contribution is 1.86. The van der Waals surface area contributed by atoms with Gasteiger partial charge in [0.05, 0.1) is 12.9 Å². The Balaban J connectivity index is 3.73. The third kappa shape index (κ3) is 4.38. The van der Waals surface area contributed by atoms with Crippen molar-refractivity contribution < 1.29 is 13.3 Å². The fourth-order valence-corrected chi connectivity index (χ4v) is 1.31. The summed E-state index contributed by atoms with van der Waals surface area (Å²) < 4.78 is 21.2. The summed E-state index contributed by atoms with van der Waals surface area (Å²) in [5.41, 5.74) is 0. The number of hydrogen-bond acceptors (Lipinski definition) is 3. The van der Waals surface area contributed by atoms with Crippen molar-refractivity contribution in [2.45, 2.75) is 13.3 Å². The van der Waals surface area contributed by atoms with Crippen LogP contribution in [0.4, 0.5) is 0 Å². The first-order valence-corrected chi connectivity index (χ1v) is 4.30. The first-order chi connectivity index (χ1) is 4.12. The van der Waals surface area contributed by atoms with Gasteiger partial charge in [0, 0.05) is 0 Å². The molecule has 0 atom stereocenters. The minimum Gasteiger partial charge on any atom is -0.290 e. The Hall–Kier alpha value is -0.130. The second-order valence-electron chi connectivity index (χ2n) is 1.61. The summed E-state index contributed by atoms with van der Waals surface area (Å²) in [6.07, 6.45) is 0.596. The van der Waals surface area contributed by atoms with Crippen molar-refractivity contribution in [1.29, 1.82) is 0 Å². The average Bonchev–Trinajstić information content (AvgIpc) is 1.64.